The first-order chi connectivity index (χ1) is 11.8. The highest BCUT2D eigenvalue weighted by Crippen LogP contribution is 2.25. The van der Waals surface area contributed by atoms with Crippen molar-refractivity contribution in [2.75, 3.05) is 39.5 Å². The maximum absolute atomic E-state index is 13.6. The van der Waals surface area contributed by atoms with Crippen molar-refractivity contribution in [1.29, 1.82) is 0 Å². The summed E-state index contributed by atoms with van der Waals surface area (Å²) in [4.78, 5) is 2.26. The predicted molar refractivity (Wildman–Crippen MR) is 95.8 cm³/mol. The third-order valence-electron chi connectivity index (χ3n) is 4.16. The van der Waals surface area contributed by atoms with Crippen LogP contribution in [0.25, 0.3) is 0 Å². The van der Waals surface area contributed by atoms with Crippen LogP contribution in [0.5, 0.6) is 5.75 Å². The number of nitrogens with zero attached hydrogens (tertiary/aromatic N) is 1. The smallest absolute Gasteiger partial charge is 0.190 e. The first-order valence-corrected chi connectivity index (χ1v) is 9.40. The quantitative estimate of drug-likeness (QED) is 0.652. The third-order valence-corrected chi connectivity index (χ3v) is 4.62. The van der Waals surface area contributed by atoms with Gasteiger partial charge in [0.2, 0.25) is 0 Å². The molecule has 0 radical (unpaired) electrons. The number of β-amino-alcohol motifs (C(OH)–C–C–N with tert-alkyl or cyclic N) is 1. The number of halogens is 3. The Bertz CT molecular complexity index is 528. The van der Waals surface area contributed by atoms with E-state index in [9.17, 15) is 13.9 Å². The van der Waals surface area contributed by atoms with Gasteiger partial charge < -0.3 is 19.5 Å². The van der Waals surface area contributed by atoms with Gasteiger partial charge in [0.05, 0.1) is 19.3 Å². The molecule has 1 fully saturated rings. The van der Waals surface area contributed by atoms with Gasteiger partial charge >= 0.3 is 0 Å². The lowest BCUT2D eigenvalue weighted by atomic mass is 9.92. The standard InChI is InChI=1S/C18H26BrF2NO3/c1-12-5-13(2)9-22(8-12)10-15(23)11-24-3-4-25-18-16(20)6-14(19)7-17(18)21/h6-7,12-13,15,23H,3-5,8-11H2,1-2H3. The Kier molecular flexibility index (Phi) is 8.06. The number of aliphatic hydroxyl groups excluding tert-OH is 1. The molecule has 3 atom stereocenters. The van der Waals surface area contributed by atoms with Crippen molar-refractivity contribution in [2.24, 2.45) is 11.8 Å². The number of aliphatic hydroxyl groups is 1. The summed E-state index contributed by atoms with van der Waals surface area (Å²) >= 11 is 3.01. The molecule has 1 aliphatic heterocycles. The molecule has 0 aliphatic carbocycles. The molecular weight excluding hydrogens is 396 g/mol. The van der Waals surface area contributed by atoms with Gasteiger partial charge in [-0.15, -0.1) is 0 Å². The monoisotopic (exact) mass is 421 g/mol. The third kappa shape index (κ3) is 6.81. The molecule has 1 aromatic rings. The Hall–Kier alpha value is -0.760. The van der Waals surface area contributed by atoms with E-state index in [1.165, 1.54) is 6.42 Å². The highest BCUT2D eigenvalue weighted by Gasteiger charge is 2.23. The summed E-state index contributed by atoms with van der Waals surface area (Å²) < 4.78 is 38.0. The minimum atomic E-state index is -0.764. The summed E-state index contributed by atoms with van der Waals surface area (Å²) in [5, 5.41) is 10.1. The largest absolute Gasteiger partial charge is 0.485 e. The number of piperidine rings is 1. The molecule has 1 N–H and O–H groups in total. The average molecular weight is 422 g/mol. The van der Waals surface area contributed by atoms with Gasteiger partial charge in [0.1, 0.15) is 6.61 Å². The predicted octanol–water partition coefficient (Wildman–Crippen LogP) is 3.46. The summed E-state index contributed by atoms with van der Waals surface area (Å²) in [6.07, 6.45) is 0.641. The number of hydrogen-bond acceptors (Lipinski definition) is 4. The number of benzene rings is 1. The highest BCUT2D eigenvalue weighted by atomic mass is 79.9. The van der Waals surface area contributed by atoms with E-state index >= 15 is 0 Å². The van der Waals surface area contributed by atoms with Gasteiger partial charge in [-0.3, -0.25) is 0 Å². The van der Waals surface area contributed by atoms with Gasteiger partial charge in [-0.05, 0) is 30.4 Å². The zero-order chi connectivity index (χ0) is 18.4. The molecule has 0 spiro atoms. The Balaban J connectivity index is 1.64. The minimum Gasteiger partial charge on any atom is -0.485 e. The topological polar surface area (TPSA) is 41.9 Å². The van der Waals surface area contributed by atoms with Gasteiger partial charge in [0.25, 0.3) is 0 Å². The average Bonchev–Trinajstić information content (AvgIpc) is 2.47. The van der Waals surface area contributed by atoms with E-state index < -0.39 is 23.5 Å². The van der Waals surface area contributed by atoms with Crippen LogP contribution in [-0.2, 0) is 4.74 Å². The second-order valence-electron chi connectivity index (χ2n) is 6.94. The maximum Gasteiger partial charge on any atom is 0.190 e. The van der Waals surface area contributed by atoms with Crippen LogP contribution < -0.4 is 4.74 Å². The fourth-order valence-corrected chi connectivity index (χ4v) is 3.78. The molecule has 3 unspecified atom stereocenters. The molecule has 0 amide bonds. The molecule has 142 valence electrons. The van der Waals surface area contributed by atoms with Crippen LogP contribution >= 0.6 is 15.9 Å². The van der Waals surface area contributed by atoms with E-state index in [-0.39, 0.29) is 19.8 Å². The Morgan fingerprint density at radius 3 is 2.40 bits per heavy atom. The normalized spacial score (nSPS) is 22.8. The van der Waals surface area contributed by atoms with E-state index in [1.807, 2.05) is 0 Å². The van der Waals surface area contributed by atoms with E-state index in [1.54, 1.807) is 0 Å². The van der Waals surface area contributed by atoms with E-state index in [2.05, 4.69) is 34.7 Å². The highest BCUT2D eigenvalue weighted by molar-refractivity contribution is 9.10. The molecule has 1 aliphatic rings. The van der Waals surface area contributed by atoms with Gasteiger partial charge in [0, 0.05) is 24.1 Å². The zero-order valence-electron chi connectivity index (χ0n) is 14.7. The van der Waals surface area contributed by atoms with Crippen molar-refractivity contribution in [2.45, 2.75) is 26.4 Å². The first-order valence-electron chi connectivity index (χ1n) is 8.60. The number of likely N-dealkylation sites (tertiary alicyclic amines) is 1. The minimum absolute atomic E-state index is 0.0139. The molecule has 0 aromatic heterocycles. The maximum atomic E-state index is 13.6. The van der Waals surface area contributed by atoms with Crippen LogP contribution in [0.1, 0.15) is 20.3 Å². The summed E-state index contributed by atoms with van der Waals surface area (Å²) in [5.74, 6) is -0.661. The van der Waals surface area contributed by atoms with Crippen LogP contribution in [-0.4, -0.2) is 55.6 Å². The molecule has 0 bridgehead atoms. The first kappa shape index (κ1) is 20.6. The van der Waals surface area contributed by atoms with Crippen LogP contribution in [0, 0.1) is 23.5 Å². The van der Waals surface area contributed by atoms with Gasteiger partial charge in [-0.25, -0.2) is 8.78 Å². The molecule has 0 saturated carbocycles. The summed E-state index contributed by atoms with van der Waals surface area (Å²) in [6.45, 7) is 7.35. The van der Waals surface area contributed by atoms with Crippen molar-refractivity contribution < 1.29 is 23.4 Å². The van der Waals surface area contributed by atoms with Gasteiger partial charge in [-0.2, -0.15) is 0 Å². The number of rotatable bonds is 8. The van der Waals surface area contributed by atoms with Crippen molar-refractivity contribution in [3.63, 3.8) is 0 Å². The Labute approximate surface area is 156 Å². The van der Waals surface area contributed by atoms with Crippen molar-refractivity contribution in [3.8, 4) is 5.75 Å². The molecule has 4 nitrogen and oxygen atoms in total. The van der Waals surface area contributed by atoms with Crippen LogP contribution in [0.15, 0.2) is 16.6 Å². The lowest BCUT2D eigenvalue weighted by Gasteiger charge is -2.35. The second-order valence-corrected chi connectivity index (χ2v) is 7.86. The summed E-state index contributed by atoms with van der Waals surface area (Å²) in [6, 6.07) is 2.28. The van der Waals surface area contributed by atoms with Crippen LogP contribution in [0.2, 0.25) is 0 Å². The number of hydrogen-bond donors (Lipinski definition) is 1. The fraction of sp³-hybridized carbons (Fsp3) is 0.667. The second kappa shape index (κ2) is 9.80. The lowest BCUT2D eigenvalue weighted by Crippen LogP contribution is -2.43. The van der Waals surface area contributed by atoms with Crippen molar-refractivity contribution >= 4 is 15.9 Å². The fourth-order valence-electron chi connectivity index (χ4n) is 3.38. The van der Waals surface area contributed by atoms with E-state index in [0.717, 1.165) is 25.2 Å². The Morgan fingerprint density at radius 1 is 1.20 bits per heavy atom. The molecule has 2 rings (SSSR count). The molecule has 25 heavy (non-hydrogen) atoms. The molecule has 1 saturated heterocycles. The lowest BCUT2D eigenvalue weighted by molar-refractivity contribution is -0.00260. The SMILES string of the molecule is CC1CC(C)CN(CC(O)COCCOc2c(F)cc(Br)cc2F)C1. The summed E-state index contributed by atoms with van der Waals surface area (Å²) in [7, 11) is 0. The molecule has 1 heterocycles. The molecular formula is C18H26BrF2NO3. The molecule has 1 aromatic carbocycles. The van der Waals surface area contributed by atoms with Crippen molar-refractivity contribution in [3.05, 3.63) is 28.2 Å². The van der Waals surface area contributed by atoms with Crippen molar-refractivity contribution in [1.82, 2.24) is 4.90 Å². The van der Waals surface area contributed by atoms with Crippen LogP contribution in [0.3, 0.4) is 0 Å². The van der Waals surface area contributed by atoms with E-state index in [4.69, 9.17) is 9.47 Å². The van der Waals surface area contributed by atoms with E-state index in [0.29, 0.717) is 22.9 Å². The van der Waals surface area contributed by atoms with Gasteiger partial charge in [-0.1, -0.05) is 29.8 Å². The Morgan fingerprint density at radius 2 is 1.80 bits per heavy atom. The van der Waals surface area contributed by atoms with Crippen LogP contribution in [0.4, 0.5) is 8.78 Å². The zero-order valence-corrected chi connectivity index (χ0v) is 16.3. The molecule has 7 heteroatoms. The summed E-state index contributed by atoms with van der Waals surface area (Å²) in [5.41, 5.74) is 0. The van der Waals surface area contributed by atoms with Gasteiger partial charge in [0.15, 0.2) is 17.4 Å². The number of ether oxygens (including phenoxy) is 2.